The number of benzene rings is 2. The normalized spacial score (nSPS) is 18.8. The molecule has 2 fully saturated rings. The van der Waals surface area contributed by atoms with Crippen LogP contribution in [0.3, 0.4) is 0 Å². The first-order valence-electron chi connectivity index (χ1n) is 11.4. The standard InChI is InChI=1S/C25H31N3O4/c1-2-32-23-10-8-22(9-11-23)26-25(30)28-12-4-7-21(18-28)19-5-3-6-20(17-19)24(29)27-13-15-31-16-14-27/h3,5-6,8-11,17,21H,2,4,7,12-16,18H2,1H3,(H,26,30). The van der Waals surface area contributed by atoms with Gasteiger partial charge in [0, 0.05) is 43.3 Å². The van der Waals surface area contributed by atoms with E-state index in [4.69, 9.17) is 9.47 Å². The molecule has 3 amide bonds. The molecule has 0 aromatic heterocycles. The molecule has 2 saturated heterocycles. The van der Waals surface area contributed by atoms with Gasteiger partial charge >= 0.3 is 6.03 Å². The highest BCUT2D eigenvalue weighted by molar-refractivity contribution is 5.94. The van der Waals surface area contributed by atoms with Crippen LogP contribution in [-0.2, 0) is 4.74 Å². The van der Waals surface area contributed by atoms with E-state index in [-0.39, 0.29) is 17.9 Å². The lowest BCUT2D eigenvalue weighted by molar-refractivity contribution is 0.0303. The van der Waals surface area contributed by atoms with E-state index < -0.39 is 0 Å². The zero-order chi connectivity index (χ0) is 22.3. The Morgan fingerprint density at radius 3 is 2.59 bits per heavy atom. The third kappa shape index (κ3) is 5.40. The highest BCUT2D eigenvalue weighted by atomic mass is 16.5. The van der Waals surface area contributed by atoms with Crippen LogP contribution in [0.5, 0.6) is 5.75 Å². The number of anilines is 1. The van der Waals surface area contributed by atoms with Crippen molar-refractivity contribution in [3.05, 3.63) is 59.7 Å². The molecule has 1 N–H and O–H groups in total. The summed E-state index contributed by atoms with van der Waals surface area (Å²) in [4.78, 5) is 29.4. The van der Waals surface area contributed by atoms with Crippen LogP contribution in [0.15, 0.2) is 48.5 Å². The Hall–Kier alpha value is -3.06. The fourth-order valence-corrected chi connectivity index (χ4v) is 4.31. The maximum absolute atomic E-state index is 12.9. The van der Waals surface area contributed by atoms with Crippen LogP contribution in [0.25, 0.3) is 0 Å². The zero-order valence-electron chi connectivity index (χ0n) is 18.6. The topological polar surface area (TPSA) is 71.1 Å². The van der Waals surface area contributed by atoms with E-state index in [9.17, 15) is 9.59 Å². The molecule has 32 heavy (non-hydrogen) atoms. The molecule has 2 heterocycles. The van der Waals surface area contributed by atoms with Gasteiger partial charge in [-0.15, -0.1) is 0 Å². The van der Waals surface area contributed by atoms with Crippen molar-refractivity contribution in [3.8, 4) is 5.75 Å². The number of nitrogens with zero attached hydrogens (tertiary/aromatic N) is 2. The number of carbonyl (C=O) groups is 2. The molecule has 2 aliphatic heterocycles. The van der Waals surface area contributed by atoms with E-state index >= 15 is 0 Å². The van der Waals surface area contributed by atoms with Gasteiger partial charge in [-0.3, -0.25) is 4.79 Å². The molecule has 0 spiro atoms. The van der Waals surface area contributed by atoms with Gasteiger partial charge in [-0.05, 0) is 61.7 Å². The predicted octanol–water partition coefficient (Wildman–Crippen LogP) is 3.97. The number of morpholine rings is 1. The van der Waals surface area contributed by atoms with Crippen molar-refractivity contribution in [2.24, 2.45) is 0 Å². The molecule has 7 nitrogen and oxygen atoms in total. The molecule has 4 rings (SSSR count). The van der Waals surface area contributed by atoms with Crippen molar-refractivity contribution >= 4 is 17.6 Å². The number of hydrogen-bond donors (Lipinski definition) is 1. The first kappa shape index (κ1) is 22.1. The number of urea groups is 1. The van der Waals surface area contributed by atoms with E-state index in [1.165, 1.54) is 0 Å². The molecule has 2 aromatic rings. The number of rotatable bonds is 5. The number of ether oxygens (including phenoxy) is 2. The number of carbonyl (C=O) groups excluding carboxylic acids is 2. The summed E-state index contributed by atoms with van der Waals surface area (Å²) in [6.07, 6.45) is 1.94. The van der Waals surface area contributed by atoms with Gasteiger partial charge in [0.15, 0.2) is 0 Å². The minimum atomic E-state index is -0.0978. The first-order valence-corrected chi connectivity index (χ1v) is 11.4. The second kappa shape index (κ2) is 10.5. The van der Waals surface area contributed by atoms with Gasteiger partial charge in [0.1, 0.15) is 5.75 Å². The van der Waals surface area contributed by atoms with Crippen molar-refractivity contribution < 1.29 is 19.1 Å². The molecule has 0 aliphatic carbocycles. The van der Waals surface area contributed by atoms with Crippen LogP contribution in [0.1, 0.15) is 41.6 Å². The molecule has 0 radical (unpaired) electrons. The van der Waals surface area contributed by atoms with Gasteiger partial charge in [0.25, 0.3) is 5.91 Å². The second-order valence-electron chi connectivity index (χ2n) is 8.20. The highest BCUT2D eigenvalue weighted by Crippen LogP contribution is 2.28. The lowest BCUT2D eigenvalue weighted by atomic mass is 9.89. The van der Waals surface area contributed by atoms with E-state index in [2.05, 4.69) is 11.4 Å². The Morgan fingerprint density at radius 2 is 1.84 bits per heavy atom. The predicted molar refractivity (Wildman–Crippen MR) is 123 cm³/mol. The monoisotopic (exact) mass is 437 g/mol. The van der Waals surface area contributed by atoms with Crippen molar-refractivity contribution in [3.63, 3.8) is 0 Å². The highest BCUT2D eigenvalue weighted by Gasteiger charge is 2.26. The van der Waals surface area contributed by atoms with Crippen LogP contribution in [0.4, 0.5) is 10.5 Å². The molecule has 7 heteroatoms. The van der Waals surface area contributed by atoms with Crippen molar-refractivity contribution in [1.82, 2.24) is 9.80 Å². The van der Waals surface area contributed by atoms with Crippen LogP contribution >= 0.6 is 0 Å². The Morgan fingerprint density at radius 1 is 1.06 bits per heavy atom. The van der Waals surface area contributed by atoms with E-state index in [0.717, 1.165) is 36.4 Å². The number of piperidine rings is 1. The maximum Gasteiger partial charge on any atom is 0.321 e. The van der Waals surface area contributed by atoms with Crippen LogP contribution in [0, 0.1) is 0 Å². The first-order chi connectivity index (χ1) is 15.6. The summed E-state index contributed by atoms with van der Waals surface area (Å²) in [5.41, 5.74) is 2.57. The molecule has 2 aliphatic rings. The number of likely N-dealkylation sites (tertiary alicyclic amines) is 1. The maximum atomic E-state index is 12.9. The number of hydrogen-bond acceptors (Lipinski definition) is 4. The fourth-order valence-electron chi connectivity index (χ4n) is 4.31. The largest absolute Gasteiger partial charge is 0.494 e. The summed E-state index contributed by atoms with van der Waals surface area (Å²) in [6, 6.07) is 15.2. The van der Waals surface area contributed by atoms with Gasteiger partial charge in [0.05, 0.1) is 19.8 Å². The molecule has 2 aromatic carbocycles. The van der Waals surface area contributed by atoms with Crippen molar-refractivity contribution in [1.29, 1.82) is 0 Å². The molecular formula is C25H31N3O4. The van der Waals surface area contributed by atoms with Gasteiger partial charge in [-0.2, -0.15) is 0 Å². The minimum Gasteiger partial charge on any atom is -0.494 e. The van der Waals surface area contributed by atoms with Gasteiger partial charge in [0.2, 0.25) is 0 Å². The minimum absolute atomic E-state index is 0.0519. The third-order valence-corrected chi connectivity index (χ3v) is 6.03. The van der Waals surface area contributed by atoms with E-state index in [1.54, 1.807) is 0 Å². The van der Waals surface area contributed by atoms with Crippen LogP contribution in [-0.4, -0.2) is 67.7 Å². The molecule has 0 bridgehead atoms. The zero-order valence-corrected chi connectivity index (χ0v) is 18.6. The SMILES string of the molecule is CCOc1ccc(NC(=O)N2CCCC(c3cccc(C(=O)N4CCOCC4)c3)C2)cc1. The van der Waals surface area contributed by atoms with Crippen LogP contribution < -0.4 is 10.1 Å². The Labute approximate surface area is 189 Å². The van der Waals surface area contributed by atoms with E-state index in [1.807, 2.05) is 59.2 Å². The summed E-state index contributed by atoms with van der Waals surface area (Å²) in [6.45, 7) is 6.36. The molecule has 1 atom stereocenters. The fraction of sp³-hybridized carbons (Fsp3) is 0.440. The molecular weight excluding hydrogens is 406 g/mol. The van der Waals surface area contributed by atoms with Gasteiger partial charge in [-0.1, -0.05) is 12.1 Å². The second-order valence-corrected chi connectivity index (χ2v) is 8.20. The Balaban J connectivity index is 1.39. The summed E-state index contributed by atoms with van der Waals surface area (Å²) < 4.78 is 10.8. The van der Waals surface area contributed by atoms with Crippen LogP contribution in [0.2, 0.25) is 0 Å². The Bertz CT molecular complexity index is 925. The van der Waals surface area contributed by atoms with Crippen molar-refractivity contribution in [2.75, 3.05) is 51.3 Å². The van der Waals surface area contributed by atoms with E-state index in [0.29, 0.717) is 45.0 Å². The lowest BCUT2D eigenvalue weighted by Gasteiger charge is -2.33. The smallest absolute Gasteiger partial charge is 0.321 e. The quantitative estimate of drug-likeness (QED) is 0.768. The summed E-state index contributed by atoms with van der Waals surface area (Å²) >= 11 is 0. The molecule has 170 valence electrons. The summed E-state index contributed by atoms with van der Waals surface area (Å²) in [5, 5.41) is 2.98. The average Bonchev–Trinajstić information content (AvgIpc) is 2.85. The third-order valence-electron chi connectivity index (χ3n) is 6.03. The summed E-state index contributed by atoms with van der Waals surface area (Å²) in [7, 11) is 0. The number of nitrogens with one attached hydrogen (secondary N) is 1. The van der Waals surface area contributed by atoms with Gasteiger partial charge < -0.3 is 24.6 Å². The summed E-state index contributed by atoms with van der Waals surface area (Å²) in [5.74, 6) is 1.05. The number of amides is 3. The average molecular weight is 438 g/mol. The molecule has 1 unspecified atom stereocenters. The Kier molecular flexibility index (Phi) is 7.27. The van der Waals surface area contributed by atoms with Crippen molar-refractivity contribution in [2.45, 2.75) is 25.7 Å². The lowest BCUT2D eigenvalue weighted by Crippen LogP contribution is -2.42. The van der Waals surface area contributed by atoms with Gasteiger partial charge in [-0.25, -0.2) is 4.79 Å². The molecule has 0 saturated carbocycles.